The van der Waals surface area contributed by atoms with E-state index in [1.54, 1.807) is 13.0 Å². The molecule has 0 aliphatic rings. The van der Waals surface area contributed by atoms with Gasteiger partial charge in [-0.15, -0.1) is 0 Å². The molecule has 98 valence electrons. The average Bonchev–Trinajstić information content (AvgIpc) is 2.37. The van der Waals surface area contributed by atoms with Gasteiger partial charge in [0.25, 0.3) is 5.91 Å². The molecule has 0 aliphatic carbocycles. The van der Waals surface area contributed by atoms with Crippen LogP contribution in [-0.2, 0) is 0 Å². The first kappa shape index (κ1) is 13.2. The summed E-state index contributed by atoms with van der Waals surface area (Å²) in [5, 5.41) is 12.5. The lowest BCUT2D eigenvalue weighted by atomic mass is 10.1. The first-order valence-corrected chi connectivity index (χ1v) is 5.87. The number of nitrogens with one attached hydrogen (secondary N) is 1. The third-order valence-corrected chi connectivity index (χ3v) is 2.96. The van der Waals surface area contributed by atoms with Crippen LogP contribution in [0.1, 0.15) is 15.9 Å². The lowest BCUT2D eigenvalue weighted by molar-refractivity contribution is 0.102. The molecule has 1 aromatic carbocycles. The number of pyridine rings is 1. The van der Waals surface area contributed by atoms with Crippen molar-refractivity contribution in [2.24, 2.45) is 0 Å². The SMILES string of the molecule is Cc1cc(NC(=O)c2ccc(N)c(O)c2)cnc1Cl. The number of anilines is 2. The molecule has 0 saturated heterocycles. The van der Waals surface area contributed by atoms with Gasteiger partial charge in [0.1, 0.15) is 10.9 Å². The van der Waals surface area contributed by atoms with Crippen LogP contribution in [-0.4, -0.2) is 16.0 Å². The number of amides is 1. The van der Waals surface area contributed by atoms with Crippen molar-refractivity contribution in [2.75, 3.05) is 11.1 Å². The smallest absolute Gasteiger partial charge is 0.255 e. The maximum absolute atomic E-state index is 12.0. The lowest BCUT2D eigenvalue weighted by Crippen LogP contribution is -2.12. The molecule has 1 heterocycles. The number of nitrogens with zero attached hydrogens (tertiary/aromatic N) is 1. The van der Waals surface area contributed by atoms with Crippen molar-refractivity contribution in [3.8, 4) is 5.75 Å². The third-order valence-electron chi connectivity index (χ3n) is 2.56. The van der Waals surface area contributed by atoms with E-state index in [1.807, 2.05) is 0 Å². The Hall–Kier alpha value is -2.27. The zero-order chi connectivity index (χ0) is 14.0. The van der Waals surface area contributed by atoms with Gasteiger partial charge >= 0.3 is 0 Å². The van der Waals surface area contributed by atoms with Crippen LogP contribution in [0.2, 0.25) is 5.15 Å². The molecule has 1 aromatic heterocycles. The summed E-state index contributed by atoms with van der Waals surface area (Å²) in [5.41, 5.74) is 7.29. The van der Waals surface area contributed by atoms with Crippen LogP contribution in [0.25, 0.3) is 0 Å². The molecule has 0 saturated carbocycles. The van der Waals surface area contributed by atoms with E-state index in [1.165, 1.54) is 24.4 Å². The number of halogens is 1. The zero-order valence-electron chi connectivity index (χ0n) is 10.1. The summed E-state index contributed by atoms with van der Waals surface area (Å²) in [6.45, 7) is 1.79. The van der Waals surface area contributed by atoms with E-state index < -0.39 is 0 Å². The fraction of sp³-hybridized carbons (Fsp3) is 0.0769. The van der Waals surface area contributed by atoms with Crippen LogP contribution in [0.3, 0.4) is 0 Å². The first-order chi connectivity index (χ1) is 8.97. The van der Waals surface area contributed by atoms with Crippen molar-refractivity contribution in [1.29, 1.82) is 0 Å². The van der Waals surface area contributed by atoms with Gasteiger partial charge in [-0.3, -0.25) is 4.79 Å². The average molecular weight is 278 g/mol. The van der Waals surface area contributed by atoms with E-state index in [4.69, 9.17) is 17.3 Å². The summed E-state index contributed by atoms with van der Waals surface area (Å²) in [6, 6.07) is 6.02. The van der Waals surface area contributed by atoms with Crippen molar-refractivity contribution < 1.29 is 9.90 Å². The summed E-state index contributed by atoms with van der Waals surface area (Å²) in [7, 11) is 0. The number of nitrogens with two attached hydrogens (primary N) is 1. The Labute approximate surface area is 115 Å². The minimum atomic E-state index is -0.362. The molecule has 0 bridgehead atoms. The number of phenols is 1. The number of carbonyl (C=O) groups is 1. The highest BCUT2D eigenvalue weighted by Crippen LogP contribution is 2.22. The first-order valence-electron chi connectivity index (χ1n) is 5.49. The molecule has 0 atom stereocenters. The van der Waals surface area contributed by atoms with E-state index in [0.717, 1.165) is 5.56 Å². The fourth-order valence-corrected chi connectivity index (χ4v) is 1.62. The highest BCUT2D eigenvalue weighted by Gasteiger charge is 2.09. The van der Waals surface area contributed by atoms with E-state index in [9.17, 15) is 9.90 Å². The van der Waals surface area contributed by atoms with Crippen LogP contribution in [0.15, 0.2) is 30.5 Å². The second-order valence-corrected chi connectivity index (χ2v) is 4.42. The molecule has 1 amide bonds. The molecule has 19 heavy (non-hydrogen) atoms. The standard InChI is InChI=1S/C13H12ClN3O2/c1-7-4-9(6-16-12(7)14)17-13(19)8-2-3-10(15)11(18)5-8/h2-6,18H,15H2,1H3,(H,17,19). The summed E-state index contributed by atoms with van der Waals surface area (Å²) in [5.74, 6) is -0.489. The van der Waals surface area contributed by atoms with Crippen molar-refractivity contribution in [2.45, 2.75) is 6.92 Å². The van der Waals surface area contributed by atoms with Crippen LogP contribution >= 0.6 is 11.6 Å². The van der Waals surface area contributed by atoms with Gasteiger partial charge in [0.15, 0.2) is 0 Å². The number of hydrogen-bond acceptors (Lipinski definition) is 4. The summed E-state index contributed by atoms with van der Waals surface area (Å²) in [4.78, 5) is 15.9. The van der Waals surface area contributed by atoms with Crippen LogP contribution in [0.5, 0.6) is 5.75 Å². The van der Waals surface area contributed by atoms with Crippen LogP contribution in [0, 0.1) is 6.92 Å². The number of phenolic OH excluding ortho intramolecular Hbond substituents is 1. The predicted molar refractivity (Wildman–Crippen MR) is 74.5 cm³/mol. The molecule has 0 fully saturated rings. The quantitative estimate of drug-likeness (QED) is 0.447. The van der Waals surface area contributed by atoms with Crippen molar-refractivity contribution in [3.63, 3.8) is 0 Å². The fourth-order valence-electron chi connectivity index (χ4n) is 1.51. The van der Waals surface area contributed by atoms with Crippen molar-refractivity contribution >= 4 is 28.9 Å². The molecular formula is C13H12ClN3O2. The van der Waals surface area contributed by atoms with Gasteiger partial charge in [-0.25, -0.2) is 4.98 Å². The molecule has 2 aromatic rings. The van der Waals surface area contributed by atoms with Gasteiger partial charge < -0.3 is 16.2 Å². The molecule has 6 heteroatoms. The number of hydrogen-bond donors (Lipinski definition) is 3. The Bertz CT molecular complexity index is 644. The number of rotatable bonds is 2. The summed E-state index contributed by atoms with van der Waals surface area (Å²) >= 11 is 5.80. The Balaban J connectivity index is 2.20. The number of benzene rings is 1. The highest BCUT2D eigenvalue weighted by molar-refractivity contribution is 6.30. The normalized spacial score (nSPS) is 10.2. The summed E-state index contributed by atoms with van der Waals surface area (Å²) in [6.07, 6.45) is 1.46. The van der Waals surface area contributed by atoms with Crippen LogP contribution in [0.4, 0.5) is 11.4 Å². The molecule has 2 rings (SSSR count). The van der Waals surface area contributed by atoms with E-state index in [-0.39, 0.29) is 17.3 Å². The Morgan fingerprint density at radius 1 is 1.42 bits per heavy atom. The molecule has 0 unspecified atom stereocenters. The van der Waals surface area contributed by atoms with Gasteiger partial charge in [-0.1, -0.05) is 11.6 Å². The molecular weight excluding hydrogens is 266 g/mol. The van der Waals surface area contributed by atoms with Crippen LogP contribution < -0.4 is 11.1 Å². The van der Waals surface area contributed by atoms with Gasteiger partial charge in [0.05, 0.1) is 17.6 Å². The minimum Gasteiger partial charge on any atom is -0.506 e. The molecule has 0 spiro atoms. The molecule has 4 N–H and O–H groups in total. The van der Waals surface area contributed by atoms with Gasteiger partial charge in [0.2, 0.25) is 0 Å². The Kier molecular flexibility index (Phi) is 3.57. The topological polar surface area (TPSA) is 88.2 Å². The minimum absolute atomic E-state index is 0.127. The van der Waals surface area contributed by atoms with Gasteiger partial charge in [0, 0.05) is 5.56 Å². The monoisotopic (exact) mass is 277 g/mol. The third kappa shape index (κ3) is 2.95. The van der Waals surface area contributed by atoms with Gasteiger partial charge in [-0.2, -0.15) is 0 Å². The second-order valence-electron chi connectivity index (χ2n) is 4.06. The summed E-state index contributed by atoms with van der Waals surface area (Å²) < 4.78 is 0. The molecule has 5 nitrogen and oxygen atoms in total. The molecule has 0 radical (unpaired) electrons. The van der Waals surface area contributed by atoms with Crippen molar-refractivity contribution in [3.05, 3.63) is 46.7 Å². The van der Waals surface area contributed by atoms with E-state index in [0.29, 0.717) is 16.4 Å². The van der Waals surface area contributed by atoms with E-state index >= 15 is 0 Å². The number of aromatic nitrogens is 1. The van der Waals surface area contributed by atoms with Gasteiger partial charge in [-0.05, 0) is 36.8 Å². The maximum Gasteiger partial charge on any atom is 0.255 e. The maximum atomic E-state index is 12.0. The second kappa shape index (κ2) is 5.16. The zero-order valence-corrected chi connectivity index (χ0v) is 10.9. The largest absolute Gasteiger partial charge is 0.506 e. The Morgan fingerprint density at radius 2 is 2.16 bits per heavy atom. The predicted octanol–water partition coefficient (Wildman–Crippen LogP) is 2.58. The highest BCUT2D eigenvalue weighted by atomic mass is 35.5. The number of aromatic hydroxyl groups is 1. The Morgan fingerprint density at radius 3 is 2.79 bits per heavy atom. The lowest BCUT2D eigenvalue weighted by Gasteiger charge is -2.07. The number of aryl methyl sites for hydroxylation is 1. The van der Waals surface area contributed by atoms with Crippen molar-refractivity contribution in [1.82, 2.24) is 4.98 Å². The number of carbonyl (C=O) groups excluding carboxylic acids is 1. The molecule has 0 aliphatic heterocycles. The van der Waals surface area contributed by atoms with E-state index in [2.05, 4.69) is 10.3 Å². The number of nitrogen functional groups attached to an aromatic ring is 1.